The van der Waals surface area contributed by atoms with Crippen LogP contribution in [-0.2, 0) is 23.8 Å². The third kappa shape index (κ3) is 24.4. The first-order valence-electron chi connectivity index (χ1n) is 18.1. The normalized spacial score (nSPS) is 17.9. The molecule has 6 nitrogen and oxygen atoms in total. The van der Waals surface area contributed by atoms with Crippen LogP contribution in [0, 0.1) is 5.92 Å². The fourth-order valence-electron chi connectivity index (χ4n) is 5.14. The van der Waals surface area contributed by atoms with Gasteiger partial charge in [0, 0.05) is 12.8 Å². The molecule has 0 aliphatic carbocycles. The maximum Gasteiger partial charge on any atom is 0.306 e. The number of allylic oxidation sites excluding steroid dienone is 5. The van der Waals surface area contributed by atoms with E-state index < -0.39 is 6.10 Å². The Morgan fingerprint density at radius 1 is 0.750 bits per heavy atom. The van der Waals surface area contributed by atoms with Crippen molar-refractivity contribution in [2.75, 3.05) is 13.2 Å². The molecule has 4 atom stereocenters. The number of carbonyl (C=O) groups excluding carboxylic acids is 2. The van der Waals surface area contributed by atoms with Gasteiger partial charge in [-0.15, -0.1) is 0 Å². The summed E-state index contributed by atoms with van der Waals surface area (Å²) < 4.78 is 16.2. The summed E-state index contributed by atoms with van der Waals surface area (Å²) >= 11 is 0. The summed E-state index contributed by atoms with van der Waals surface area (Å²) in [4.78, 5) is 24.1. The lowest BCUT2D eigenvalue weighted by Gasteiger charge is -2.15. The Balaban J connectivity index is 1.95. The quantitative estimate of drug-likeness (QED) is 0.0373. The monoisotopic (exact) mass is 618 g/mol. The van der Waals surface area contributed by atoms with E-state index in [9.17, 15) is 14.7 Å². The van der Waals surface area contributed by atoms with Gasteiger partial charge in [0.1, 0.15) is 6.61 Å². The van der Waals surface area contributed by atoms with E-state index in [1.165, 1.54) is 70.6 Å². The molecule has 0 aromatic rings. The van der Waals surface area contributed by atoms with Crippen molar-refractivity contribution in [2.24, 2.45) is 5.92 Å². The zero-order valence-corrected chi connectivity index (χ0v) is 28.5. The van der Waals surface area contributed by atoms with Crippen LogP contribution in [0.2, 0.25) is 0 Å². The minimum Gasteiger partial charge on any atom is -0.462 e. The third-order valence-corrected chi connectivity index (χ3v) is 8.40. The van der Waals surface area contributed by atoms with E-state index in [-0.39, 0.29) is 31.6 Å². The van der Waals surface area contributed by atoms with Crippen molar-refractivity contribution in [1.29, 1.82) is 0 Å². The summed E-state index contributed by atoms with van der Waals surface area (Å²) in [6.45, 7) is 6.38. The van der Waals surface area contributed by atoms with E-state index in [1.807, 2.05) is 0 Å². The van der Waals surface area contributed by atoms with Crippen LogP contribution in [-0.4, -0.2) is 48.6 Å². The average Bonchev–Trinajstić information content (AvgIpc) is 3.78. The molecule has 6 heteroatoms. The summed E-state index contributed by atoms with van der Waals surface area (Å²) in [5.41, 5.74) is 0. The number of unbranched alkanes of at least 4 members (excludes halogenated alkanes) is 10. The maximum atomic E-state index is 12.1. The highest BCUT2D eigenvalue weighted by Crippen LogP contribution is 2.30. The number of aliphatic hydroxyl groups excluding tert-OH is 1. The van der Waals surface area contributed by atoms with E-state index in [0.717, 1.165) is 50.9 Å². The second kappa shape index (κ2) is 28.5. The highest BCUT2D eigenvalue weighted by atomic mass is 16.6. The van der Waals surface area contributed by atoms with Crippen molar-refractivity contribution >= 4 is 11.9 Å². The SMILES string of the molecule is CCCCCC1OC1C/C=C\C/C=C\C/C=C\CCCC(=O)O[C@@H](CO)COC(=O)CCCCCCCCCCC(C)CC. The zero-order chi connectivity index (χ0) is 32.1. The predicted octanol–water partition coefficient (Wildman–Crippen LogP) is 9.74. The van der Waals surface area contributed by atoms with Gasteiger partial charge in [0.15, 0.2) is 6.10 Å². The Bertz CT molecular complexity index is 788. The van der Waals surface area contributed by atoms with Crippen molar-refractivity contribution in [3.05, 3.63) is 36.5 Å². The molecule has 1 rings (SSSR count). The number of ether oxygens (including phenoxy) is 3. The van der Waals surface area contributed by atoms with Crippen LogP contribution in [0.1, 0.15) is 156 Å². The van der Waals surface area contributed by atoms with Gasteiger partial charge < -0.3 is 19.3 Å². The molecule has 1 aliphatic rings. The van der Waals surface area contributed by atoms with E-state index >= 15 is 0 Å². The molecule has 0 spiro atoms. The Kier molecular flexibility index (Phi) is 26.0. The summed E-state index contributed by atoms with van der Waals surface area (Å²) in [6, 6.07) is 0. The molecule has 0 aromatic heterocycles. The van der Waals surface area contributed by atoms with Gasteiger partial charge in [-0.2, -0.15) is 0 Å². The number of rotatable bonds is 30. The molecule has 0 bridgehead atoms. The summed E-state index contributed by atoms with van der Waals surface area (Å²) in [6.07, 6.45) is 35.2. The molecule has 0 radical (unpaired) electrons. The van der Waals surface area contributed by atoms with E-state index in [0.29, 0.717) is 25.0 Å². The second-order valence-electron chi connectivity index (χ2n) is 12.6. The molecule has 0 amide bonds. The first-order valence-corrected chi connectivity index (χ1v) is 18.1. The molecule has 1 fully saturated rings. The van der Waals surface area contributed by atoms with Crippen LogP contribution in [0.15, 0.2) is 36.5 Å². The lowest BCUT2D eigenvalue weighted by Crippen LogP contribution is -2.28. The highest BCUT2D eigenvalue weighted by molar-refractivity contribution is 5.70. The topological polar surface area (TPSA) is 85.4 Å². The second-order valence-corrected chi connectivity index (χ2v) is 12.6. The molecule has 3 unspecified atom stereocenters. The van der Waals surface area contributed by atoms with Gasteiger partial charge in [-0.1, -0.05) is 134 Å². The van der Waals surface area contributed by atoms with Gasteiger partial charge >= 0.3 is 11.9 Å². The van der Waals surface area contributed by atoms with Crippen LogP contribution < -0.4 is 0 Å². The van der Waals surface area contributed by atoms with Crippen molar-refractivity contribution in [3.8, 4) is 0 Å². The molecule has 1 heterocycles. The van der Waals surface area contributed by atoms with Gasteiger partial charge in [-0.3, -0.25) is 9.59 Å². The molecule has 1 aliphatic heterocycles. The molecule has 0 saturated carbocycles. The van der Waals surface area contributed by atoms with Crippen molar-refractivity contribution in [2.45, 2.75) is 174 Å². The first kappa shape index (κ1) is 40.1. The van der Waals surface area contributed by atoms with E-state index in [4.69, 9.17) is 14.2 Å². The molecule has 254 valence electrons. The Hall–Kier alpha value is -1.92. The molecule has 44 heavy (non-hydrogen) atoms. The largest absolute Gasteiger partial charge is 0.462 e. The van der Waals surface area contributed by atoms with Crippen LogP contribution in [0.4, 0.5) is 0 Å². The zero-order valence-electron chi connectivity index (χ0n) is 28.5. The Morgan fingerprint density at radius 2 is 1.39 bits per heavy atom. The number of hydrogen-bond donors (Lipinski definition) is 1. The highest BCUT2D eigenvalue weighted by Gasteiger charge is 2.36. The standard InChI is InChI=1S/C38H66O6/c1-4-6-21-27-35-36(44-35)28-23-18-14-9-7-8-10-16-20-25-30-38(41)43-34(31-39)32-42-37(40)29-24-19-15-12-11-13-17-22-26-33(3)5-2/h7,9-10,16,18,23,33-36,39H,4-6,8,11-15,17,19-22,24-32H2,1-3H3/b9-7-,16-10-,23-18-/t33?,34-,35?,36?/m0/s1. The number of epoxide rings is 1. The molecular formula is C38H66O6. The van der Waals surface area contributed by atoms with Crippen LogP contribution >= 0.6 is 0 Å². The summed E-state index contributed by atoms with van der Waals surface area (Å²) in [5, 5.41) is 9.52. The lowest BCUT2D eigenvalue weighted by atomic mass is 9.99. The first-order chi connectivity index (χ1) is 21.5. The van der Waals surface area contributed by atoms with Crippen LogP contribution in [0.3, 0.4) is 0 Å². The number of aliphatic hydroxyl groups is 1. The Morgan fingerprint density at radius 3 is 2.07 bits per heavy atom. The fraction of sp³-hybridized carbons (Fsp3) is 0.789. The van der Waals surface area contributed by atoms with Gasteiger partial charge in [-0.25, -0.2) is 0 Å². The van der Waals surface area contributed by atoms with Gasteiger partial charge in [0.2, 0.25) is 0 Å². The number of esters is 2. The summed E-state index contributed by atoms with van der Waals surface area (Å²) in [7, 11) is 0. The smallest absolute Gasteiger partial charge is 0.306 e. The van der Waals surface area contributed by atoms with Crippen molar-refractivity contribution in [1.82, 2.24) is 0 Å². The fourth-order valence-corrected chi connectivity index (χ4v) is 5.14. The van der Waals surface area contributed by atoms with Crippen LogP contribution in [0.25, 0.3) is 0 Å². The predicted molar refractivity (Wildman–Crippen MR) is 181 cm³/mol. The number of hydrogen-bond acceptors (Lipinski definition) is 6. The maximum absolute atomic E-state index is 12.1. The van der Waals surface area contributed by atoms with Crippen LogP contribution in [0.5, 0.6) is 0 Å². The van der Waals surface area contributed by atoms with Crippen molar-refractivity contribution < 1.29 is 28.9 Å². The van der Waals surface area contributed by atoms with E-state index in [2.05, 4.69) is 57.2 Å². The Labute approximate surface area is 270 Å². The summed E-state index contributed by atoms with van der Waals surface area (Å²) in [5.74, 6) is 0.188. The average molecular weight is 619 g/mol. The molecule has 1 saturated heterocycles. The number of carbonyl (C=O) groups is 2. The molecular weight excluding hydrogens is 552 g/mol. The van der Waals surface area contributed by atoms with Gasteiger partial charge in [0.25, 0.3) is 0 Å². The minimum atomic E-state index is -0.800. The molecule has 0 aromatic carbocycles. The van der Waals surface area contributed by atoms with E-state index in [1.54, 1.807) is 0 Å². The van der Waals surface area contributed by atoms with Crippen molar-refractivity contribution in [3.63, 3.8) is 0 Å². The minimum absolute atomic E-state index is 0.0902. The van der Waals surface area contributed by atoms with Gasteiger partial charge in [0.05, 0.1) is 18.8 Å². The third-order valence-electron chi connectivity index (χ3n) is 8.40. The molecule has 1 N–H and O–H groups in total. The van der Waals surface area contributed by atoms with Gasteiger partial charge in [-0.05, 0) is 50.9 Å². The lowest BCUT2D eigenvalue weighted by molar-refractivity contribution is -0.161.